The molecule has 2 aromatic rings. The van der Waals surface area contributed by atoms with E-state index in [-0.39, 0.29) is 10.6 Å². The van der Waals surface area contributed by atoms with Gasteiger partial charge in [0.05, 0.1) is 12.5 Å². The molecule has 0 aliphatic carbocycles. The lowest BCUT2D eigenvalue weighted by molar-refractivity contribution is 1.06. The molecule has 0 unspecified atom stereocenters. The van der Waals surface area contributed by atoms with Gasteiger partial charge in [0, 0.05) is 12.1 Å². The number of hydrogen-bond donors (Lipinski definition) is 4. The van der Waals surface area contributed by atoms with Crippen molar-refractivity contribution in [1.82, 2.24) is 20.2 Å². The zero-order valence-corrected chi connectivity index (χ0v) is 8.88. The monoisotopic (exact) mass is 240 g/mol. The van der Waals surface area contributed by atoms with E-state index in [1.165, 1.54) is 6.33 Å². The molecule has 0 fully saturated rings. The molecule has 0 bridgehead atoms. The van der Waals surface area contributed by atoms with E-state index in [2.05, 4.69) is 25.5 Å². The van der Waals surface area contributed by atoms with Gasteiger partial charge in [-0.25, -0.2) is 4.98 Å². The first-order chi connectivity index (χ1) is 7.68. The first-order valence-corrected chi connectivity index (χ1v) is 4.81. The third-order valence-corrected chi connectivity index (χ3v) is 2.34. The van der Waals surface area contributed by atoms with Crippen LogP contribution in [0.25, 0.3) is 0 Å². The van der Waals surface area contributed by atoms with E-state index in [9.17, 15) is 4.79 Å². The van der Waals surface area contributed by atoms with Crippen molar-refractivity contribution >= 4 is 23.2 Å². The molecule has 8 heteroatoms. The topological polar surface area (TPSA) is 112 Å². The number of nitrogens with zero attached hydrogens (tertiary/aromatic N) is 2. The molecule has 0 atom stereocenters. The average Bonchev–Trinajstić information content (AvgIpc) is 2.67. The molecule has 0 amide bonds. The molecular weight excluding hydrogens is 232 g/mol. The Kier molecular flexibility index (Phi) is 2.78. The quantitative estimate of drug-likeness (QED) is 0.618. The molecule has 2 heterocycles. The zero-order chi connectivity index (χ0) is 11.5. The lowest BCUT2D eigenvalue weighted by Crippen LogP contribution is -2.11. The number of nitrogen functional groups attached to an aromatic ring is 1. The van der Waals surface area contributed by atoms with Crippen LogP contribution in [0.4, 0.5) is 11.6 Å². The number of H-pyrrole nitrogens is 2. The van der Waals surface area contributed by atoms with Crippen LogP contribution >= 0.6 is 11.6 Å². The Morgan fingerprint density at radius 2 is 2.38 bits per heavy atom. The Morgan fingerprint density at radius 3 is 3.06 bits per heavy atom. The molecule has 0 aliphatic rings. The molecule has 16 heavy (non-hydrogen) atoms. The van der Waals surface area contributed by atoms with Crippen LogP contribution in [0.15, 0.2) is 17.3 Å². The Balaban J connectivity index is 2.14. The van der Waals surface area contributed by atoms with Crippen molar-refractivity contribution in [3.63, 3.8) is 0 Å². The third kappa shape index (κ3) is 1.98. The van der Waals surface area contributed by atoms with Gasteiger partial charge in [0.2, 0.25) is 0 Å². The Labute approximate surface area is 95.0 Å². The second-order valence-electron chi connectivity index (χ2n) is 3.06. The standard InChI is InChI=1S/C8H9ClN6O/c9-5-7(12-3-13-8(5)16)11-1-4-2-14-15-6(4)10/h2-3H,1H2,(H3,10,14,15)(H2,11,12,13,16). The Bertz CT molecular complexity index is 547. The first kappa shape index (κ1) is 10.5. The molecule has 0 saturated heterocycles. The summed E-state index contributed by atoms with van der Waals surface area (Å²) in [6.45, 7) is 0.387. The maximum atomic E-state index is 11.2. The number of anilines is 2. The van der Waals surface area contributed by atoms with Crippen molar-refractivity contribution in [3.8, 4) is 0 Å². The van der Waals surface area contributed by atoms with E-state index in [1.807, 2.05) is 0 Å². The van der Waals surface area contributed by atoms with Gasteiger partial charge in [-0.05, 0) is 0 Å². The van der Waals surface area contributed by atoms with Crippen molar-refractivity contribution in [2.24, 2.45) is 0 Å². The summed E-state index contributed by atoms with van der Waals surface area (Å²) >= 11 is 5.75. The summed E-state index contributed by atoms with van der Waals surface area (Å²) in [6, 6.07) is 0. The highest BCUT2D eigenvalue weighted by Crippen LogP contribution is 2.14. The largest absolute Gasteiger partial charge is 0.384 e. The van der Waals surface area contributed by atoms with E-state index in [4.69, 9.17) is 17.3 Å². The molecule has 0 radical (unpaired) electrons. The van der Waals surface area contributed by atoms with Crippen LogP contribution in [-0.4, -0.2) is 20.2 Å². The smallest absolute Gasteiger partial charge is 0.271 e. The van der Waals surface area contributed by atoms with Crippen molar-refractivity contribution in [3.05, 3.63) is 33.5 Å². The predicted molar refractivity (Wildman–Crippen MR) is 60.2 cm³/mol. The fraction of sp³-hybridized carbons (Fsp3) is 0.125. The molecule has 5 N–H and O–H groups in total. The number of halogens is 1. The summed E-state index contributed by atoms with van der Waals surface area (Å²) in [5.74, 6) is 0.777. The molecule has 84 valence electrons. The molecule has 0 aromatic carbocycles. The van der Waals surface area contributed by atoms with E-state index in [0.717, 1.165) is 5.56 Å². The lowest BCUT2D eigenvalue weighted by Gasteiger charge is -2.04. The predicted octanol–water partition coefficient (Wildman–Crippen LogP) is 0.341. The van der Waals surface area contributed by atoms with E-state index < -0.39 is 0 Å². The van der Waals surface area contributed by atoms with Gasteiger partial charge in [-0.3, -0.25) is 9.89 Å². The third-order valence-electron chi connectivity index (χ3n) is 1.99. The normalized spacial score (nSPS) is 10.3. The van der Waals surface area contributed by atoms with E-state index in [1.54, 1.807) is 6.20 Å². The van der Waals surface area contributed by atoms with Gasteiger partial charge in [0.1, 0.15) is 10.8 Å². The molecular formula is C8H9ClN6O. The Morgan fingerprint density at radius 1 is 1.56 bits per heavy atom. The van der Waals surface area contributed by atoms with Crippen molar-refractivity contribution in [2.45, 2.75) is 6.54 Å². The van der Waals surface area contributed by atoms with Gasteiger partial charge in [-0.1, -0.05) is 11.6 Å². The minimum absolute atomic E-state index is 0.0181. The van der Waals surface area contributed by atoms with Crippen LogP contribution in [0.2, 0.25) is 5.02 Å². The second kappa shape index (κ2) is 4.23. The lowest BCUT2D eigenvalue weighted by atomic mass is 10.3. The number of hydrogen-bond acceptors (Lipinski definition) is 5. The van der Waals surface area contributed by atoms with Crippen molar-refractivity contribution in [2.75, 3.05) is 11.1 Å². The Hall–Kier alpha value is -2.02. The van der Waals surface area contributed by atoms with Crippen LogP contribution in [-0.2, 0) is 6.54 Å². The van der Waals surface area contributed by atoms with Gasteiger partial charge in [0.15, 0.2) is 5.82 Å². The summed E-state index contributed by atoms with van der Waals surface area (Å²) in [5.41, 5.74) is 5.98. The van der Waals surface area contributed by atoms with Gasteiger partial charge >= 0.3 is 0 Å². The number of aromatic nitrogens is 4. The highest BCUT2D eigenvalue weighted by molar-refractivity contribution is 6.32. The summed E-state index contributed by atoms with van der Waals surface area (Å²) in [6.07, 6.45) is 2.86. The number of nitrogens with one attached hydrogen (secondary N) is 3. The van der Waals surface area contributed by atoms with E-state index >= 15 is 0 Å². The molecule has 0 aliphatic heterocycles. The van der Waals surface area contributed by atoms with Gasteiger partial charge in [0.25, 0.3) is 5.56 Å². The van der Waals surface area contributed by atoms with Crippen molar-refractivity contribution in [1.29, 1.82) is 0 Å². The molecule has 2 aromatic heterocycles. The van der Waals surface area contributed by atoms with Crippen LogP contribution < -0.4 is 16.6 Å². The fourth-order valence-electron chi connectivity index (χ4n) is 1.15. The first-order valence-electron chi connectivity index (χ1n) is 4.43. The molecule has 7 nitrogen and oxygen atoms in total. The van der Waals surface area contributed by atoms with Gasteiger partial charge in [-0.15, -0.1) is 0 Å². The van der Waals surface area contributed by atoms with Crippen LogP contribution in [0.5, 0.6) is 0 Å². The summed E-state index contributed by atoms with van der Waals surface area (Å²) in [5, 5.41) is 9.27. The number of nitrogens with two attached hydrogens (primary N) is 1. The zero-order valence-electron chi connectivity index (χ0n) is 8.12. The maximum absolute atomic E-state index is 11.2. The van der Waals surface area contributed by atoms with Crippen LogP contribution in [0.1, 0.15) is 5.56 Å². The minimum Gasteiger partial charge on any atom is -0.384 e. The highest BCUT2D eigenvalue weighted by atomic mass is 35.5. The van der Waals surface area contributed by atoms with Crippen LogP contribution in [0, 0.1) is 0 Å². The fourth-order valence-corrected chi connectivity index (χ4v) is 1.32. The number of aromatic amines is 2. The van der Waals surface area contributed by atoms with Gasteiger partial charge in [-0.2, -0.15) is 5.10 Å². The highest BCUT2D eigenvalue weighted by Gasteiger charge is 2.06. The molecule has 0 spiro atoms. The van der Waals surface area contributed by atoms with Crippen LogP contribution in [0.3, 0.4) is 0 Å². The maximum Gasteiger partial charge on any atom is 0.271 e. The molecule has 0 saturated carbocycles. The summed E-state index contributed by atoms with van der Waals surface area (Å²) in [7, 11) is 0. The minimum atomic E-state index is -0.390. The summed E-state index contributed by atoms with van der Waals surface area (Å²) < 4.78 is 0. The average molecular weight is 241 g/mol. The van der Waals surface area contributed by atoms with Gasteiger partial charge < -0.3 is 16.0 Å². The SMILES string of the molecule is Nc1[nH]ncc1CNc1nc[nH]c(=O)c1Cl. The van der Waals surface area contributed by atoms with E-state index in [0.29, 0.717) is 18.2 Å². The second-order valence-corrected chi connectivity index (χ2v) is 3.43. The molecule has 2 rings (SSSR count). The van der Waals surface area contributed by atoms with Crippen molar-refractivity contribution < 1.29 is 0 Å². The number of rotatable bonds is 3. The summed E-state index contributed by atoms with van der Waals surface area (Å²) in [4.78, 5) is 17.4.